The molecule has 0 amide bonds. The quantitative estimate of drug-likeness (QED) is 0.238. The van der Waals surface area contributed by atoms with Crippen LogP contribution < -0.4 is 33.9 Å². The van der Waals surface area contributed by atoms with Gasteiger partial charge in [-0.25, -0.2) is 18.7 Å². The van der Waals surface area contributed by atoms with Crippen LogP contribution in [0.5, 0.6) is 0 Å². The summed E-state index contributed by atoms with van der Waals surface area (Å²) >= 11 is 0. The van der Waals surface area contributed by atoms with E-state index >= 15 is 0 Å². The molecule has 8 heteroatoms. The SMILES string of the molecule is O=C(c1ccccc1)n1c[n+](CCC[n+]2cn(C(=O)c3ccccc3)c3ccccc32)c2ccccc21.[Cl-].[Cl-]. The molecule has 6 rings (SSSR count). The van der Waals surface area contributed by atoms with E-state index in [4.69, 9.17) is 0 Å². The van der Waals surface area contributed by atoms with Crippen molar-refractivity contribution in [3.63, 3.8) is 0 Å². The Hall–Kier alpha value is -4.26. The predicted octanol–water partition coefficient (Wildman–Crippen LogP) is -1.35. The molecule has 39 heavy (non-hydrogen) atoms. The van der Waals surface area contributed by atoms with Gasteiger partial charge in [0.15, 0.2) is 22.1 Å². The molecular formula is C31H26Cl2N4O2. The van der Waals surface area contributed by atoms with Gasteiger partial charge >= 0.3 is 11.8 Å². The first-order chi connectivity index (χ1) is 18.2. The summed E-state index contributed by atoms with van der Waals surface area (Å²) in [5, 5.41) is 0. The number of hydrogen-bond donors (Lipinski definition) is 0. The van der Waals surface area contributed by atoms with Gasteiger partial charge in [0.2, 0.25) is 0 Å². The van der Waals surface area contributed by atoms with E-state index in [0.29, 0.717) is 11.1 Å². The number of aromatic nitrogens is 4. The number of benzene rings is 4. The number of carbonyl (C=O) groups excluding carboxylic acids is 2. The maximum atomic E-state index is 13.2. The Morgan fingerprint density at radius 3 is 1.28 bits per heavy atom. The summed E-state index contributed by atoms with van der Waals surface area (Å²) in [5.74, 6) is -0.0974. The van der Waals surface area contributed by atoms with E-state index in [1.807, 2.05) is 122 Å². The van der Waals surface area contributed by atoms with Crippen molar-refractivity contribution in [1.29, 1.82) is 0 Å². The normalized spacial score (nSPS) is 10.7. The number of halogens is 2. The third-order valence-electron chi connectivity index (χ3n) is 6.69. The Balaban J connectivity index is 0.00000176. The third kappa shape index (κ3) is 5.35. The summed E-state index contributed by atoms with van der Waals surface area (Å²) in [4.78, 5) is 26.4. The highest BCUT2D eigenvalue weighted by molar-refractivity contribution is 6.01. The van der Waals surface area contributed by atoms with Crippen molar-refractivity contribution in [3.05, 3.63) is 133 Å². The fraction of sp³-hybridized carbons (Fsp3) is 0.0968. The van der Waals surface area contributed by atoms with Gasteiger partial charge in [-0.05, 0) is 48.5 Å². The summed E-state index contributed by atoms with van der Waals surface area (Å²) in [6, 6.07) is 34.6. The second-order valence-corrected chi connectivity index (χ2v) is 9.03. The Bertz CT molecular complexity index is 1620. The number of aryl methyl sites for hydroxylation is 2. The Morgan fingerprint density at radius 1 is 0.513 bits per heavy atom. The molecule has 0 fully saturated rings. The van der Waals surface area contributed by atoms with Gasteiger partial charge in [0.25, 0.3) is 12.7 Å². The van der Waals surface area contributed by atoms with Crippen LogP contribution >= 0.6 is 0 Å². The summed E-state index contributed by atoms with van der Waals surface area (Å²) in [5.41, 5.74) is 5.10. The Kier molecular flexibility index (Phi) is 8.59. The van der Waals surface area contributed by atoms with Gasteiger partial charge in [-0.3, -0.25) is 0 Å². The number of hydrogen-bond acceptors (Lipinski definition) is 2. The van der Waals surface area contributed by atoms with Crippen molar-refractivity contribution in [2.45, 2.75) is 19.5 Å². The Morgan fingerprint density at radius 2 is 0.872 bits per heavy atom. The number of rotatable bonds is 6. The van der Waals surface area contributed by atoms with Crippen molar-refractivity contribution in [2.24, 2.45) is 0 Å². The lowest BCUT2D eigenvalue weighted by Crippen LogP contribution is -3.00. The maximum absolute atomic E-state index is 13.2. The van der Waals surface area contributed by atoms with Crippen molar-refractivity contribution < 1.29 is 43.5 Å². The van der Waals surface area contributed by atoms with Crippen LogP contribution in [0.2, 0.25) is 0 Å². The second kappa shape index (κ2) is 12.1. The molecule has 196 valence electrons. The molecule has 0 aliphatic carbocycles. The molecule has 0 radical (unpaired) electrons. The molecule has 0 aliphatic rings. The molecule has 4 aromatic carbocycles. The van der Waals surface area contributed by atoms with Crippen LogP contribution in [-0.2, 0) is 13.1 Å². The van der Waals surface area contributed by atoms with Gasteiger partial charge in [-0.1, -0.05) is 60.7 Å². The van der Waals surface area contributed by atoms with E-state index < -0.39 is 0 Å². The van der Waals surface area contributed by atoms with Crippen molar-refractivity contribution in [2.75, 3.05) is 0 Å². The van der Waals surface area contributed by atoms with Crippen molar-refractivity contribution >= 4 is 33.9 Å². The van der Waals surface area contributed by atoms with E-state index in [9.17, 15) is 9.59 Å². The van der Waals surface area contributed by atoms with Gasteiger partial charge in [0.05, 0.1) is 24.2 Å². The first-order valence-electron chi connectivity index (χ1n) is 12.4. The topological polar surface area (TPSA) is 51.8 Å². The fourth-order valence-corrected chi connectivity index (χ4v) is 4.88. The highest BCUT2D eigenvalue weighted by atomic mass is 35.5. The van der Waals surface area contributed by atoms with E-state index in [-0.39, 0.29) is 36.6 Å². The average Bonchev–Trinajstić information content (AvgIpc) is 3.52. The maximum Gasteiger partial charge on any atom is 0.346 e. The monoisotopic (exact) mass is 556 g/mol. The molecule has 0 saturated heterocycles. The highest BCUT2D eigenvalue weighted by Crippen LogP contribution is 2.15. The van der Waals surface area contributed by atoms with Gasteiger partial charge in [0.1, 0.15) is 0 Å². The molecule has 0 atom stereocenters. The zero-order valence-corrected chi connectivity index (χ0v) is 22.5. The largest absolute Gasteiger partial charge is 1.00 e. The minimum atomic E-state index is -0.0487. The second-order valence-electron chi connectivity index (χ2n) is 9.03. The van der Waals surface area contributed by atoms with Crippen molar-refractivity contribution in [3.8, 4) is 0 Å². The lowest BCUT2D eigenvalue weighted by atomic mass is 10.2. The van der Waals surface area contributed by atoms with Gasteiger partial charge in [0, 0.05) is 6.42 Å². The highest BCUT2D eigenvalue weighted by Gasteiger charge is 2.24. The average molecular weight is 557 g/mol. The molecule has 0 N–H and O–H groups in total. The summed E-state index contributed by atoms with van der Waals surface area (Å²) < 4.78 is 7.71. The standard InChI is InChI=1S/C31H26N4O2.2ClH/c36-30(24-12-3-1-4-13-24)34-22-32(26-16-7-9-18-28(26)34)20-11-21-33-23-35(29-19-10-8-17-27(29)33)31(37)25-14-5-2-6-15-25;;/h1-10,12-19,22-23H,11,20-21H2;2*1H/q+2;;/p-2. The molecule has 6 aromatic rings. The summed E-state index contributed by atoms with van der Waals surface area (Å²) in [6.07, 6.45) is 4.62. The molecule has 0 bridgehead atoms. The van der Waals surface area contributed by atoms with Gasteiger partial charge < -0.3 is 24.8 Å². The van der Waals surface area contributed by atoms with Crippen LogP contribution in [0.25, 0.3) is 22.1 Å². The van der Waals surface area contributed by atoms with Gasteiger partial charge in [-0.2, -0.15) is 9.13 Å². The lowest BCUT2D eigenvalue weighted by molar-refractivity contribution is -0.702. The first-order valence-corrected chi connectivity index (χ1v) is 12.4. The van der Waals surface area contributed by atoms with Crippen LogP contribution in [0, 0.1) is 0 Å². The smallest absolute Gasteiger partial charge is 0.346 e. The minimum Gasteiger partial charge on any atom is -1.00 e. The lowest BCUT2D eigenvalue weighted by Gasteiger charge is -1.98. The first kappa shape index (κ1) is 27.8. The third-order valence-corrected chi connectivity index (χ3v) is 6.69. The molecule has 6 nitrogen and oxygen atoms in total. The molecular weight excluding hydrogens is 531 g/mol. The number of fused-ring (bicyclic) bond motifs is 2. The number of carbonyl (C=O) groups is 2. The summed E-state index contributed by atoms with van der Waals surface area (Å²) in [6.45, 7) is 1.46. The zero-order valence-electron chi connectivity index (χ0n) is 21.0. The number of imidazole rings is 2. The molecule has 0 saturated carbocycles. The van der Waals surface area contributed by atoms with Crippen LogP contribution in [0.3, 0.4) is 0 Å². The number of nitrogens with zero attached hydrogens (tertiary/aromatic N) is 4. The number of para-hydroxylation sites is 4. The summed E-state index contributed by atoms with van der Waals surface area (Å²) in [7, 11) is 0. The zero-order chi connectivity index (χ0) is 25.2. The van der Waals surface area contributed by atoms with E-state index in [1.165, 1.54) is 0 Å². The van der Waals surface area contributed by atoms with Crippen molar-refractivity contribution in [1.82, 2.24) is 9.13 Å². The van der Waals surface area contributed by atoms with Crippen LogP contribution in [0.4, 0.5) is 0 Å². The van der Waals surface area contributed by atoms with Crippen LogP contribution in [0.15, 0.2) is 122 Å². The molecule has 0 unspecified atom stereocenters. The molecule has 0 spiro atoms. The van der Waals surface area contributed by atoms with Crippen LogP contribution in [-0.4, -0.2) is 20.9 Å². The van der Waals surface area contributed by atoms with E-state index in [1.54, 1.807) is 9.13 Å². The Labute approximate surface area is 238 Å². The molecule has 0 aliphatic heterocycles. The van der Waals surface area contributed by atoms with Gasteiger partial charge in [-0.15, -0.1) is 0 Å². The van der Waals surface area contributed by atoms with E-state index in [0.717, 1.165) is 41.6 Å². The van der Waals surface area contributed by atoms with E-state index in [2.05, 4.69) is 9.13 Å². The minimum absolute atomic E-state index is 0. The van der Waals surface area contributed by atoms with Crippen LogP contribution in [0.1, 0.15) is 27.1 Å². The fourth-order valence-electron chi connectivity index (χ4n) is 4.88. The molecule has 2 heterocycles. The molecule has 2 aromatic heterocycles. The predicted molar refractivity (Wildman–Crippen MR) is 141 cm³/mol.